The number of pyridine rings is 1. The lowest BCUT2D eigenvalue weighted by molar-refractivity contribution is 0.229. The SMILES string of the molecule is OCC1(NCc2cccc3nccn23)CC1. The Morgan fingerprint density at radius 2 is 2.31 bits per heavy atom. The summed E-state index contributed by atoms with van der Waals surface area (Å²) in [5.74, 6) is 0. The third-order valence-corrected chi connectivity index (χ3v) is 3.31. The second-order valence-electron chi connectivity index (χ2n) is 4.46. The Kier molecular flexibility index (Phi) is 2.19. The van der Waals surface area contributed by atoms with Crippen LogP contribution in [0.4, 0.5) is 0 Å². The number of imidazole rings is 1. The van der Waals surface area contributed by atoms with Crippen LogP contribution in [0, 0.1) is 0 Å². The summed E-state index contributed by atoms with van der Waals surface area (Å²) in [7, 11) is 0. The van der Waals surface area contributed by atoms with Crippen LogP contribution in [0.2, 0.25) is 0 Å². The Hall–Kier alpha value is -1.39. The van der Waals surface area contributed by atoms with Crippen molar-refractivity contribution >= 4 is 5.65 Å². The fraction of sp³-hybridized carbons (Fsp3) is 0.417. The van der Waals surface area contributed by atoms with Gasteiger partial charge in [0.2, 0.25) is 0 Å². The van der Waals surface area contributed by atoms with E-state index < -0.39 is 0 Å². The molecule has 1 aliphatic rings. The lowest BCUT2D eigenvalue weighted by Crippen LogP contribution is -2.34. The Labute approximate surface area is 93.9 Å². The summed E-state index contributed by atoms with van der Waals surface area (Å²) in [6.45, 7) is 1.00. The number of nitrogens with zero attached hydrogens (tertiary/aromatic N) is 2. The summed E-state index contributed by atoms with van der Waals surface area (Å²) in [5.41, 5.74) is 2.13. The first-order valence-electron chi connectivity index (χ1n) is 5.60. The molecule has 84 valence electrons. The van der Waals surface area contributed by atoms with Gasteiger partial charge in [0.1, 0.15) is 5.65 Å². The lowest BCUT2D eigenvalue weighted by Gasteiger charge is -2.14. The number of aliphatic hydroxyl groups is 1. The van der Waals surface area contributed by atoms with Crippen molar-refractivity contribution < 1.29 is 5.11 Å². The van der Waals surface area contributed by atoms with Crippen LogP contribution in [0.3, 0.4) is 0 Å². The standard InChI is InChI=1S/C12H15N3O/c16-9-12(4-5-12)14-8-10-2-1-3-11-13-6-7-15(10)11/h1-3,6-7,14,16H,4-5,8-9H2. The Bertz CT molecular complexity index is 502. The smallest absolute Gasteiger partial charge is 0.136 e. The first kappa shape index (κ1) is 9.81. The van der Waals surface area contributed by atoms with E-state index in [0.29, 0.717) is 0 Å². The third-order valence-electron chi connectivity index (χ3n) is 3.31. The minimum atomic E-state index is -0.0112. The molecule has 0 bridgehead atoms. The molecule has 1 saturated carbocycles. The molecule has 0 saturated heterocycles. The maximum atomic E-state index is 9.23. The molecule has 2 heterocycles. The molecular weight excluding hydrogens is 202 g/mol. The van der Waals surface area contributed by atoms with E-state index in [1.54, 1.807) is 6.20 Å². The number of aliphatic hydroxyl groups excluding tert-OH is 1. The Balaban J connectivity index is 1.81. The summed E-state index contributed by atoms with van der Waals surface area (Å²) < 4.78 is 2.07. The van der Waals surface area contributed by atoms with Crippen LogP contribution in [0.1, 0.15) is 18.5 Å². The average Bonchev–Trinajstić information content (AvgIpc) is 2.94. The Morgan fingerprint density at radius 3 is 3.06 bits per heavy atom. The van der Waals surface area contributed by atoms with Gasteiger partial charge < -0.3 is 14.8 Å². The highest BCUT2D eigenvalue weighted by Gasteiger charge is 2.41. The summed E-state index contributed by atoms with van der Waals surface area (Å²) in [6.07, 6.45) is 5.91. The molecule has 2 N–H and O–H groups in total. The highest BCUT2D eigenvalue weighted by Crippen LogP contribution is 2.34. The molecule has 0 amide bonds. The van der Waals surface area contributed by atoms with Crippen molar-refractivity contribution in [2.75, 3.05) is 6.61 Å². The molecule has 0 unspecified atom stereocenters. The van der Waals surface area contributed by atoms with E-state index in [-0.39, 0.29) is 12.1 Å². The molecule has 0 atom stereocenters. The molecule has 2 aromatic rings. The third kappa shape index (κ3) is 1.60. The van der Waals surface area contributed by atoms with Crippen molar-refractivity contribution in [1.82, 2.24) is 14.7 Å². The lowest BCUT2D eigenvalue weighted by atomic mass is 10.2. The number of nitrogens with one attached hydrogen (secondary N) is 1. The predicted molar refractivity (Wildman–Crippen MR) is 61.1 cm³/mol. The van der Waals surface area contributed by atoms with Gasteiger partial charge in [-0.05, 0) is 25.0 Å². The predicted octanol–water partition coefficient (Wildman–Crippen LogP) is 0.949. The summed E-state index contributed by atoms with van der Waals surface area (Å²) >= 11 is 0. The number of fused-ring (bicyclic) bond motifs is 1. The van der Waals surface area contributed by atoms with Crippen molar-refractivity contribution in [3.05, 3.63) is 36.3 Å². The van der Waals surface area contributed by atoms with Crippen molar-refractivity contribution in [3.8, 4) is 0 Å². The van der Waals surface area contributed by atoms with E-state index in [4.69, 9.17) is 0 Å². The normalized spacial score (nSPS) is 17.8. The van der Waals surface area contributed by atoms with E-state index in [9.17, 15) is 5.11 Å². The molecule has 0 spiro atoms. The minimum absolute atomic E-state index is 0.0112. The molecule has 0 radical (unpaired) electrons. The van der Waals surface area contributed by atoms with E-state index in [1.807, 2.05) is 18.3 Å². The zero-order chi connectivity index (χ0) is 11.0. The van der Waals surface area contributed by atoms with Gasteiger partial charge in [-0.25, -0.2) is 4.98 Å². The molecule has 4 heteroatoms. The van der Waals surface area contributed by atoms with Gasteiger partial charge >= 0.3 is 0 Å². The van der Waals surface area contributed by atoms with Gasteiger partial charge in [0, 0.05) is 30.2 Å². The van der Waals surface area contributed by atoms with Gasteiger partial charge in [-0.15, -0.1) is 0 Å². The maximum absolute atomic E-state index is 9.23. The highest BCUT2D eigenvalue weighted by molar-refractivity contribution is 5.39. The van der Waals surface area contributed by atoms with E-state index in [0.717, 1.165) is 25.0 Å². The second kappa shape index (κ2) is 3.57. The van der Waals surface area contributed by atoms with Crippen LogP contribution in [0.5, 0.6) is 0 Å². The monoisotopic (exact) mass is 217 g/mol. The van der Waals surface area contributed by atoms with Crippen LogP contribution in [0.15, 0.2) is 30.6 Å². The van der Waals surface area contributed by atoms with Gasteiger partial charge in [0.15, 0.2) is 0 Å². The topological polar surface area (TPSA) is 49.6 Å². The molecule has 1 aliphatic carbocycles. The highest BCUT2D eigenvalue weighted by atomic mass is 16.3. The summed E-state index contributed by atoms with van der Waals surface area (Å²) in [5, 5.41) is 12.6. The molecule has 1 fully saturated rings. The van der Waals surface area contributed by atoms with Crippen LogP contribution >= 0.6 is 0 Å². The first-order valence-corrected chi connectivity index (χ1v) is 5.60. The van der Waals surface area contributed by atoms with E-state index in [2.05, 4.69) is 20.8 Å². The van der Waals surface area contributed by atoms with Crippen LogP contribution in [-0.4, -0.2) is 26.6 Å². The van der Waals surface area contributed by atoms with Crippen LogP contribution < -0.4 is 5.32 Å². The Morgan fingerprint density at radius 1 is 1.44 bits per heavy atom. The molecular formula is C12H15N3O. The number of hydrogen-bond donors (Lipinski definition) is 2. The van der Waals surface area contributed by atoms with Gasteiger partial charge in [0.25, 0.3) is 0 Å². The minimum Gasteiger partial charge on any atom is -0.394 e. The zero-order valence-electron chi connectivity index (χ0n) is 9.06. The molecule has 2 aromatic heterocycles. The molecule has 3 rings (SSSR count). The van der Waals surface area contributed by atoms with Gasteiger partial charge in [-0.2, -0.15) is 0 Å². The molecule has 16 heavy (non-hydrogen) atoms. The van der Waals surface area contributed by atoms with Crippen molar-refractivity contribution in [1.29, 1.82) is 0 Å². The summed E-state index contributed by atoms with van der Waals surface area (Å²) in [4.78, 5) is 4.25. The van der Waals surface area contributed by atoms with Crippen molar-refractivity contribution in [2.24, 2.45) is 0 Å². The molecule has 0 aromatic carbocycles. The largest absolute Gasteiger partial charge is 0.394 e. The van der Waals surface area contributed by atoms with Gasteiger partial charge in [-0.3, -0.25) is 0 Å². The van der Waals surface area contributed by atoms with Crippen molar-refractivity contribution in [3.63, 3.8) is 0 Å². The zero-order valence-corrected chi connectivity index (χ0v) is 9.06. The maximum Gasteiger partial charge on any atom is 0.136 e. The van der Waals surface area contributed by atoms with Crippen molar-refractivity contribution in [2.45, 2.75) is 24.9 Å². The number of aromatic nitrogens is 2. The van der Waals surface area contributed by atoms with E-state index in [1.165, 1.54) is 5.69 Å². The van der Waals surface area contributed by atoms with Crippen LogP contribution in [-0.2, 0) is 6.54 Å². The van der Waals surface area contributed by atoms with Crippen LogP contribution in [0.25, 0.3) is 5.65 Å². The quantitative estimate of drug-likeness (QED) is 0.801. The van der Waals surface area contributed by atoms with Gasteiger partial charge in [0.05, 0.1) is 6.61 Å². The molecule has 0 aliphatic heterocycles. The van der Waals surface area contributed by atoms with E-state index >= 15 is 0 Å². The fourth-order valence-corrected chi connectivity index (χ4v) is 1.97. The average molecular weight is 217 g/mol. The second-order valence-corrected chi connectivity index (χ2v) is 4.46. The number of hydrogen-bond acceptors (Lipinski definition) is 3. The van der Waals surface area contributed by atoms with Gasteiger partial charge in [-0.1, -0.05) is 6.07 Å². The first-order chi connectivity index (χ1) is 7.83. The molecule has 4 nitrogen and oxygen atoms in total. The number of rotatable bonds is 4. The summed E-state index contributed by atoms with van der Waals surface area (Å²) in [6, 6.07) is 6.08. The fourth-order valence-electron chi connectivity index (χ4n) is 1.97.